The molecule has 6 nitrogen and oxygen atoms in total. The minimum Gasteiger partial charge on any atom is -0.359 e. The van der Waals surface area contributed by atoms with Gasteiger partial charge in [-0.3, -0.25) is 9.59 Å². The van der Waals surface area contributed by atoms with Gasteiger partial charge in [-0.25, -0.2) is 4.39 Å². The molecule has 1 saturated carbocycles. The summed E-state index contributed by atoms with van der Waals surface area (Å²) in [7, 11) is 0. The molecular formula is C32H33FN4O2. The van der Waals surface area contributed by atoms with Gasteiger partial charge in [0.05, 0.1) is 23.4 Å². The van der Waals surface area contributed by atoms with Crippen molar-refractivity contribution >= 4 is 29.2 Å². The van der Waals surface area contributed by atoms with Crippen molar-refractivity contribution in [3.63, 3.8) is 0 Å². The Morgan fingerprint density at radius 2 is 1.90 bits per heavy atom. The van der Waals surface area contributed by atoms with Crippen LogP contribution in [0.1, 0.15) is 64.1 Å². The summed E-state index contributed by atoms with van der Waals surface area (Å²) in [6, 6.07) is 14.5. The number of benzene rings is 2. The summed E-state index contributed by atoms with van der Waals surface area (Å²) >= 11 is 0. The molecule has 0 saturated heterocycles. The monoisotopic (exact) mass is 524 g/mol. The summed E-state index contributed by atoms with van der Waals surface area (Å²) in [5.74, 6) is 4.74. The summed E-state index contributed by atoms with van der Waals surface area (Å²) in [6.45, 7) is 4.50. The van der Waals surface area contributed by atoms with E-state index in [1.165, 1.54) is 12.1 Å². The quantitative estimate of drug-likeness (QED) is 0.326. The SMILES string of the molecule is Cc1cc(C)c(/C=C2\C(=O)N(CC3CCC(N)CC3)c3cc(C(=O)NCC#Cc4ccccc4)c(F)cc32)[nH]1. The first-order valence-corrected chi connectivity index (χ1v) is 13.4. The highest BCUT2D eigenvalue weighted by molar-refractivity contribution is 6.36. The van der Waals surface area contributed by atoms with Crippen LogP contribution in [0.3, 0.4) is 0 Å². The number of anilines is 1. The van der Waals surface area contributed by atoms with Crippen molar-refractivity contribution in [1.82, 2.24) is 10.3 Å². The Hall–Kier alpha value is -4.15. The lowest BCUT2D eigenvalue weighted by atomic mass is 9.86. The Labute approximate surface area is 228 Å². The van der Waals surface area contributed by atoms with Gasteiger partial charge in [0.2, 0.25) is 0 Å². The number of hydrogen-bond acceptors (Lipinski definition) is 3. The molecule has 39 heavy (non-hydrogen) atoms. The number of nitrogens with two attached hydrogens (primary N) is 1. The number of H-pyrrole nitrogens is 1. The van der Waals surface area contributed by atoms with Gasteiger partial charge in [-0.1, -0.05) is 30.0 Å². The third-order valence-electron chi connectivity index (χ3n) is 7.54. The largest absolute Gasteiger partial charge is 0.359 e. The van der Waals surface area contributed by atoms with E-state index in [-0.39, 0.29) is 24.1 Å². The van der Waals surface area contributed by atoms with Crippen LogP contribution in [-0.4, -0.2) is 35.9 Å². The number of aromatic nitrogens is 1. The van der Waals surface area contributed by atoms with Crippen molar-refractivity contribution in [2.24, 2.45) is 11.7 Å². The van der Waals surface area contributed by atoms with Crippen LogP contribution < -0.4 is 16.0 Å². The van der Waals surface area contributed by atoms with Crippen molar-refractivity contribution in [2.45, 2.75) is 45.6 Å². The van der Waals surface area contributed by atoms with E-state index in [0.717, 1.165) is 48.2 Å². The van der Waals surface area contributed by atoms with Gasteiger partial charge in [0.25, 0.3) is 11.8 Å². The van der Waals surface area contributed by atoms with Crippen LogP contribution in [0.15, 0.2) is 48.5 Å². The first-order chi connectivity index (χ1) is 18.8. The van der Waals surface area contributed by atoms with E-state index in [4.69, 9.17) is 5.73 Å². The maximum absolute atomic E-state index is 15.3. The van der Waals surface area contributed by atoms with Gasteiger partial charge < -0.3 is 20.9 Å². The zero-order valence-electron chi connectivity index (χ0n) is 22.3. The highest BCUT2D eigenvalue weighted by atomic mass is 19.1. The van der Waals surface area contributed by atoms with Crippen LogP contribution in [0, 0.1) is 37.4 Å². The van der Waals surface area contributed by atoms with Crippen LogP contribution in [-0.2, 0) is 4.79 Å². The molecular weight excluding hydrogens is 491 g/mol. The second-order valence-electron chi connectivity index (χ2n) is 10.5. The van der Waals surface area contributed by atoms with Crippen molar-refractivity contribution in [3.8, 4) is 11.8 Å². The summed E-state index contributed by atoms with van der Waals surface area (Å²) in [6.07, 6.45) is 5.50. The number of carbonyl (C=O) groups excluding carboxylic acids is 2. The predicted molar refractivity (Wildman–Crippen MR) is 152 cm³/mol. The van der Waals surface area contributed by atoms with Crippen LogP contribution in [0.25, 0.3) is 11.6 Å². The fourth-order valence-electron chi connectivity index (χ4n) is 5.43. The zero-order chi connectivity index (χ0) is 27.5. The fourth-order valence-corrected chi connectivity index (χ4v) is 5.43. The molecule has 2 aliphatic rings. The van der Waals surface area contributed by atoms with Crippen LogP contribution in [0.4, 0.5) is 10.1 Å². The molecule has 2 amide bonds. The van der Waals surface area contributed by atoms with E-state index in [0.29, 0.717) is 29.3 Å². The molecule has 1 fully saturated rings. The molecule has 7 heteroatoms. The maximum Gasteiger partial charge on any atom is 0.259 e. The molecule has 1 aromatic heterocycles. The Balaban J connectivity index is 1.44. The first-order valence-electron chi connectivity index (χ1n) is 13.4. The van der Waals surface area contributed by atoms with Crippen molar-refractivity contribution in [1.29, 1.82) is 0 Å². The van der Waals surface area contributed by atoms with Crippen LogP contribution in [0.5, 0.6) is 0 Å². The van der Waals surface area contributed by atoms with E-state index < -0.39 is 11.7 Å². The van der Waals surface area contributed by atoms with Gasteiger partial charge in [-0.15, -0.1) is 0 Å². The summed E-state index contributed by atoms with van der Waals surface area (Å²) in [4.78, 5) is 31.7. The van der Waals surface area contributed by atoms with Crippen molar-refractivity contribution < 1.29 is 14.0 Å². The highest BCUT2D eigenvalue weighted by Gasteiger charge is 2.36. The van der Waals surface area contributed by atoms with E-state index in [2.05, 4.69) is 22.1 Å². The van der Waals surface area contributed by atoms with Gasteiger partial charge in [0, 0.05) is 35.1 Å². The van der Waals surface area contributed by atoms with E-state index in [9.17, 15) is 9.59 Å². The maximum atomic E-state index is 15.3. The zero-order valence-corrected chi connectivity index (χ0v) is 22.3. The third kappa shape index (κ3) is 5.81. The van der Waals surface area contributed by atoms with Crippen LogP contribution >= 0.6 is 0 Å². The lowest BCUT2D eigenvalue weighted by Gasteiger charge is -2.30. The second kappa shape index (κ2) is 11.3. The van der Waals surface area contributed by atoms with Gasteiger partial charge in [0.1, 0.15) is 5.82 Å². The summed E-state index contributed by atoms with van der Waals surface area (Å²) in [5, 5.41) is 2.69. The molecule has 4 N–H and O–H groups in total. The number of nitrogens with zero attached hydrogens (tertiary/aromatic N) is 1. The Morgan fingerprint density at radius 1 is 1.15 bits per heavy atom. The number of hydrogen-bond donors (Lipinski definition) is 3. The first kappa shape index (κ1) is 26.5. The molecule has 1 aliphatic heterocycles. The molecule has 3 aromatic rings. The van der Waals surface area contributed by atoms with Gasteiger partial charge in [-0.2, -0.15) is 0 Å². The van der Waals surface area contributed by atoms with Crippen molar-refractivity contribution in [2.75, 3.05) is 18.0 Å². The minimum absolute atomic E-state index is 0.0752. The summed E-state index contributed by atoms with van der Waals surface area (Å²) in [5.41, 5.74) is 11.1. The number of fused-ring (bicyclic) bond motifs is 1. The Bertz CT molecular complexity index is 1490. The van der Waals surface area contributed by atoms with Gasteiger partial charge >= 0.3 is 0 Å². The average molecular weight is 525 g/mol. The number of aromatic amines is 1. The lowest BCUT2D eigenvalue weighted by Crippen LogP contribution is -2.36. The smallest absolute Gasteiger partial charge is 0.259 e. The number of carbonyl (C=O) groups is 2. The third-order valence-corrected chi connectivity index (χ3v) is 7.54. The molecule has 0 spiro atoms. The molecule has 0 radical (unpaired) electrons. The fraction of sp³-hybridized carbons (Fsp3) is 0.312. The predicted octanol–water partition coefficient (Wildman–Crippen LogP) is 4.96. The lowest BCUT2D eigenvalue weighted by molar-refractivity contribution is -0.113. The number of amides is 2. The average Bonchev–Trinajstić information content (AvgIpc) is 3.37. The number of halogens is 1. The molecule has 200 valence electrons. The highest BCUT2D eigenvalue weighted by Crippen LogP contribution is 2.41. The number of aryl methyl sites for hydroxylation is 2. The molecule has 1 aliphatic carbocycles. The minimum atomic E-state index is -0.675. The Kier molecular flexibility index (Phi) is 7.67. The van der Waals surface area contributed by atoms with E-state index >= 15 is 4.39 Å². The number of rotatable bonds is 5. The van der Waals surface area contributed by atoms with E-state index in [1.807, 2.05) is 50.2 Å². The second-order valence-corrected chi connectivity index (χ2v) is 10.5. The summed E-state index contributed by atoms with van der Waals surface area (Å²) < 4.78 is 15.3. The van der Waals surface area contributed by atoms with Crippen molar-refractivity contribution in [3.05, 3.63) is 88.0 Å². The molecule has 0 atom stereocenters. The molecule has 5 rings (SSSR count). The van der Waals surface area contributed by atoms with Gasteiger partial charge in [-0.05, 0) is 87.4 Å². The van der Waals surface area contributed by atoms with Crippen LogP contribution in [0.2, 0.25) is 0 Å². The normalized spacial score (nSPS) is 19.5. The Morgan fingerprint density at radius 3 is 2.59 bits per heavy atom. The standard InChI is InChI=1S/C32H33FN4O2/c1-20-15-21(2)36-29(20)17-26-25-16-28(33)27(31(38)35-14-6-9-22-7-4-3-5-8-22)18-30(25)37(32(26)39)19-23-10-12-24(34)13-11-23/h3-5,7-8,15-18,23-24,36H,10-14,19,34H2,1-2H3,(H,35,38)/b26-17-. The van der Waals surface area contributed by atoms with Gasteiger partial charge in [0.15, 0.2) is 0 Å². The molecule has 0 bridgehead atoms. The molecule has 0 unspecified atom stereocenters. The number of nitrogens with one attached hydrogen (secondary N) is 2. The molecule has 2 heterocycles. The van der Waals surface area contributed by atoms with E-state index in [1.54, 1.807) is 11.0 Å². The topological polar surface area (TPSA) is 91.2 Å². The molecule has 2 aromatic carbocycles.